The van der Waals surface area contributed by atoms with Crippen molar-refractivity contribution < 1.29 is 24.6 Å². The SMILES string of the molecule is CC(=O)N[C@@H](CSN=Nc1cccc(C(=O)[O-])c1)C(=O)[O-]. The van der Waals surface area contributed by atoms with Gasteiger partial charge < -0.3 is 25.1 Å². The number of rotatable bonds is 7. The average molecular weight is 309 g/mol. The smallest absolute Gasteiger partial charge is 0.217 e. The van der Waals surface area contributed by atoms with E-state index in [1.807, 2.05) is 0 Å². The van der Waals surface area contributed by atoms with E-state index < -0.39 is 23.9 Å². The third kappa shape index (κ3) is 6.04. The maximum Gasteiger partial charge on any atom is 0.217 e. The number of benzene rings is 1. The molecule has 1 aromatic rings. The van der Waals surface area contributed by atoms with Crippen molar-refractivity contribution in [2.24, 2.45) is 9.63 Å². The Bertz CT molecular complexity index is 576. The third-order valence-electron chi connectivity index (χ3n) is 2.20. The van der Waals surface area contributed by atoms with Gasteiger partial charge in [0.15, 0.2) is 0 Å². The summed E-state index contributed by atoms with van der Waals surface area (Å²) in [7, 11) is 0. The molecule has 0 saturated carbocycles. The molecule has 21 heavy (non-hydrogen) atoms. The lowest BCUT2D eigenvalue weighted by atomic mass is 10.2. The van der Waals surface area contributed by atoms with Crippen molar-refractivity contribution >= 4 is 35.5 Å². The fourth-order valence-electron chi connectivity index (χ4n) is 1.29. The molecular formula is C12H11N3O5S-2. The van der Waals surface area contributed by atoms with Crippen molar-refractivity contribution in [2.45, 2.75) is 13.0 Å². The zero-order valence-electron chi connectivity index (χ0n) is 10.9. The molecule has 0 aliphatic heterocycles. The van der Waals surface area contributed by atoms with Crippen molar-refractivity contribution in [1.82, 2.24) is 5.32 Å². The van der Waals surface area contributed by atoms with E-state index in [-0.39, 0.29) is 17.0 Å². The number of amides is 1. The average Bonchev–Trinajstić information content (AvgIpc) is 2.41. The van der Waals surface area contributed by atoms with Crippen LogP contribution in [0.2, 0.25) is 0 Å². The summed E-state index contributed by atoms with van der Waals surface area (Å²) in [5.74, 6) is -3.32. The maximum absolute atomic E-state index is 10.8. The van der Waals surface area contributed by atoms with E-state index in [2.05, 4.69) is 15.0 Å². The highest BCUT2D eigenvalue weighted by Gasteiger charge is 2.10. The van der Waals surface area contributed by atoms with Gasteiger partial charge in [-0.05, 0) is 17.7 Å². The summed E-state index contributed by atoms with van der Waals surface area (Å²) in [6, 6.07) is 4.45. The van der Waals surface area contributed by atoms with E-state index in [9.17, 15) is 24.6 Å². The van der Waals surface area contributed by atoms with Gasteiger partial charge in [-0.25, -0.2) is 0 Å². The molecule has 112 valence electrons. The molecule has 1 aromatic carbocycles. The fourth-order valence-corrected chi connectivity index (χ4v) is 1.88. The molecule has 1 N–H and O–H groups in total. The molecule has 0 spiro atoms. The van der Waals surface area contributed by atoms with Crippen molar-refractivity contribution in [3.8, 4) is 0 Å². The standard InChI is InChI=1S/C12H13N3O5S/c1-7(16)13-10(12(19)20)6-21-15-14-9-4-2-3-8(5-9)11(17)18/h2-5,10H,6H2,1H3,(H,13,16)(H,17,18)(H,19,20)/p-2/t10-/m0/s1. The van der Waals surface area contributed by atoms with Crippen LogP contribution in [-0.4, -0.2) is 29.6 Å². The molecule has 0 unspecified atom stereocenters. The minimum atomic E-state index is -1.42. The second-order valence-electron chi connectivity index (χ2n) is 3.89. The van der Waals surface area contributed by atoms with Gasteiger partial charge in [-0.15, -0.1) is 9.63 Å². The summed E-state index contributed by atoms with van der Waals surface area (Å²) in [4.78, 5) is 32.2. The Kier molecular flexibility index (Phi) is 6.34. The molecule has 1 atom stereocenters. The summed E-state index contributed by atoms with van der Waals surface area (Å²) in [5.41, 5.74) is 0.246. The Labute approximate surface area is 124 Å². The molecule has 9 heteroatoms. The van der Waals surface area contributed by atoms with Gasteiger partial charge in [-0.1, -0.05) is 12.1 Å². The number of hydrogen-bond donors (Lipinski definition) is 1. The van der Waals surface area contributed by atoms with Crippen LogP contribution in [0, 0.1) is 0 Å². The number of nitrogens with one attached hydrogen (secondary N) is 1. The predicted octanol–water partition coefficient (Wildman–Crippen LogP) is -0.963. The predicted molar refractivity (Wildman–Crippen MR) is 70.4 cm³/mol. The second kappa shape index (κ2) is 8.00. The molecule has 8 nitrogen and oxygen atoms in total. The number of carboxylic acid groups (broad SMARTS) is 2. The minimum absolute atomic E-state index is 0.0395. The van der Waals surface area contributed by atoms with Crippen molar-refractivity contribution in [3.63, 3.8) is 0 Å². The van der Waals surface area contributed by atoms with Crippen LogP contribution in [0.3, 0.4) is 0 Å². The van der Waals surface area contributed by atoms with E-state index in [1.54, 1.807) is 0 Å². The quantitative estimate of drug-likeness (QED) is 0.509. The first kappa shape index (κ1) is 16.6. The van der Waals surface area contributed by atoms with E-state index in [1.165, 1.54) is 31.2 Å². The molecule has 0 bridgehead atoms. The van der Waals surface area contributed by atoms with E-state index in [4.69, 9.17) is 0 Å². The summed E-state index contributed by atoms with van der Waals surface area (Å²) < 4.78 is 3.66. The first-order valence-electron chi connectivity index (χ1n) is 5.72. The number of carboxylic acids is 2. The zero-order valence-corrected chi connectivity index (χ0v) is 11.8. The van der Waals surface area contributed by atoms with Crippen LogP contribution >= 0.6 is 11.9 Å². The zero-order chi connectivity index (χ0) is 15.8. The number of aliphatic carboxylic acids is 1. The monoisotopic (exact) mass is 309 g/mol. The highest BCUT2D eigenvalue weighted by atomic mass is 32.2. The number of hydrogen-bond acceptors (Lipinski definition) is 8. The molecule has 0 aliphatic carbocycles. The van der Waals surface area contributed by atoms with Gasteiger partial charge in [-0.2, -0.15) is 0 Å². The van der Waals surface area contributed by atoms with Crippen LogP contribution < -0.4 is 15.5 Å². The van der Waals surface area contributed by atoms with Crippen molar-refractivity contribution in [1.29, 1.82) is 0 Å². The summed E-state index contributed by atoms with van der Waals surface area (Å²) >= 11 is 0.800. The Hall–Kier alpha value is -2.42. The molecule has 0 saturated heterocycles. The molecule has 0 radical (unpaired) electrons. The third-order valence-corrected chi connectivity index (χ3v) is 2.88. The van der Waals surface area contributed by atoms with Crippen LogP contribution in [0.5, 0.6) is 0 Å². The first-order chi connectivity index (χ1) is 9.90. The van der Waals surface area contributed by atoms with Crippen LogP contribution in [0.15, 0.2) is 33.9 Å². The summed E-state index contributed by atoms with van der Waals surface area (Å²) in [5, 5.41) is 27.3. The Morgan fingerprint density at radius 1 is 1.33 bits per heavy atom. The highest BCUT2D eigenvalue weighted by molar-refractivity contribution is 7.97. The maximum atomic E-state index is 10.8. The lowest BCUT2D eigenvalue weighted by Gasteiger charge is -2.16. The van der Waals surface area contributed by atoms with Gasteiger partial charge in [0, 0.05) is 24.6 Å². The molecule has 0 fully saturated rings. The molecule has 0 aliphatic rings. The minimum Gasteiger partial charge on any atom is -0.548 e. The topological polar surface area (TPSA) is 134 Å². The Morgan fingerprint density at radius 3 is 2.62 bits per heavy atom. The van der Waals surface area contributed by atoms with Gasteiger partial charge in [0.2, 0.25) is 5.91 Å². The van der Waals surface area contributed by atoms with Crippen LogP contribution in [0.4, 0.5) is 5.69 Å². The van der Waals surface area contributed by atoms with Crippen molar-refractivity contribution in [3.05, 3.63) is 29.8 Å². The molecule has 0 aromatic heterocycles. The summed E-state index contributed by atoms with van der Waals surface area (Å²) in [6.07, 6.45) is 0. The molecule has 1 amide bonds. The molecular weight excluding hydrogens is 298 g/mol. The molecule has 0 heterocycles. The first-order valence-corrected chi connectivity index (χ1v) is 6.66. The van der Waals surface area contributed by atoms with Crippen LogP contribution in [0.25, 0.3) is 0 Å². The number of aromatic carboxylic acids is 1. The van der Waals surface area contributed by atoms with Gasteiger partial charge >= 0.3 is 0 Å². The lowest BCUT2D eigenvalue weighted by Crippen LogP contribution is -2.48. The highest BCUT2D eigenvalue weighted by Crippen LogP contribution is 2.17. The van der Waals surface area contributed by atoms with E-state index in [0.29, 0.717) is 0 Å². The Morgan fingerprint density at radius 2 is 2.05 bits per heavy atom. The van der Waals surface area contributed by atoms with Crippen molar-refractivity contribution in [2.75, 3.05) is 5.75 Å². The number of nitrogens with zero attached hydrogens (tertiary/aromatic N) is 2. The van der Waals surface area contributed by atoms with E-state index in [0.717, 1.165) is 11.9 Å². The summed E-state index contributed by atoms with van der Waals surface area (Å²) in [6.45, 7) is 1.19. The van der Waals surface area contributed by atoms with Crippen LogP contribution in [-0.2, 0) is 9.59 Å². The van der Waals surface area contributed by atoms with Gasteiger partial charge in [0.25, 0.3) is 0 Å². The second-order valence-corrected chi connectivity index (χ2v) is 4.64. The normalized spacial score (nSPS) is 12.0. The Balaban J connectivity index is 2.57. The van der Waals surface area contributed by atoms with E-state index >= 15 is 0 Å². The molecule has 1 rings (SSSR count). The van der Waals surface area contributed by atoms with Gasteiger partial charge in [-0.3, -0.25) is 4.79 Å². The fraction of sp³-hybridized carbons (Fsp3) is 0.250. The van der Waals surface area contributed by atoms with Crippen LogP contribution in [0.1, 0.15) is 17.3 Å². The number of carbonyl (C=O) groups excluding carboxylic acids is 3. The number of carbonyl (C=O) groups is 3. The lowest BCUT2D eigenvalue weighted by molar-refractivity contribution is -0.307. The van der Waals surface area contributed by atoms with Gasteiger partial charge in [0.1, 0.15) is 0 Å². The van der Waals surface area contributed by atoms with Gasteiger partial charge in [0.05, 0.1) is 23.7 Å². The largest absolute Gasteiger partial charge is 0.548 e.